The molecule has 1 N–H and O–H groups in total. The highest BCUT2D eigenvalue weighted by atomic mass is 35.5. The average molecular weight is 430 g/mol. The Morgan fingerprint density at radius 1 is 1.21 bits per heavy atom. The number of thiazole rings is 1. The molecule has 3 rings (SSSR count). The molecule has 2 amide bonds. The summed E-state index contributed by atoms with van der Waals surface area (Å²) in [6.45, 7) is 2.19. The summed E-state index contributed by atoms with van der Waals surface area (Å²) in [5.41, 5.74) is 2.02. The molecule has 150 valence electrons. The number of halogens is 1. The van der Waals surface area contributed by atoms with Gasteiger partial charge in [0.2, 0.25) is 5.91 Å². The van der Waals surface area contributed by atoms with E-state index in [1.54, 1.807) is 36.7 Å². The van der Waals surface area contributed by atoms with Gasteiger partial charge >= 0.3 is 0 Å². The van der Waals surface area contributed by atoms with Crippen molar-refractivity contribution in [2.24, 2.45) is 0 Å². The van der Waals surface area contributed by atoms with Crippen LogP contribution in [0.5, 0.6) is 5.75 Å². The number of likely N-dealkylation sites (N-methyl/N-ethyl adjacent to an activating group) is 1. The lowest BCUT2D eigenvalue weighted by Gasteiger charge is -2.15. The molecule has 1 heterocycles. The molecular formula is C21H20ClN3O3S. The van der Waals surface area contributed by atoms with Gasteiger partial charge in [0, 0.05) is 23.1 Å². The molecule has 6 nitrogen and oxygen atoms in total. The standard InChI is InChI=1S/C21H20ClN3O3S/c1-14-6-8-17(9-7-14)28-12-20-24-18(13-29-20)21(27)25(2)11-19(26)23-16-5-3-4-15(22)10-16/h3-10,13H,11-12H2,1-2H3,(H,23,26). The van der Waals surface area contributed by atoms with Gasteiger partial charge in [0.15, 0.2) is 0 Å². The first-order valence-electron chi connectivity index (χ1n) is 8.85. The van der Waals surface area contributed by atoms with Gasteiger partial charge in [-0.15, -0.1) is 11.3 Å². The Labute approximate surface area is 178 Å². The van der Waals surface area contributed by atoms with Crippen LogP contribution in [0.25, 0.3) is 0 Å². The third-order valence-corrected chi connectivity index (χ3v) is 5.05. The quantitative estimate of drug-likeness (QED) is 0.604. The number of nitrogens with zero attached hydrogens (tertiary/aromatic N) is 2. The minimum absolute atomic E-state index is 0.0991. The number of amides is 2. The fraction of sp³-hybridized carbons (Fsp3) is 0.190. The number of benzene rings is 2. The molecule has 0 bridgehead atoms. The molecule has 0 radical (unpaired) electrons. The molecule has 3 aromatic rings. The summed E-state index contributed by atoms with van der Waals surface area (Å²) in [5, 5.41) is 5.59. The molecule has 0 atom stereocenters. The number of hydrogen-bond acceptors (Lipinski definition) is 5. The molecule has 0 saturated heterocycles. The van der Waals surface area contributed by atoms with Crippen LogP contribution in [-0.2, 0) is 11.4 Å². The van der Waals surface area contributed by atoms with E-state index in [4.69, 9.17) is 16.3 Å². The van der Waals surface area contributed by atoms with Gasteiger partial charge in [-0.25, -0.2) is 4.98 Å². The molecule has 0 aliphatic carbocycles. The lowest BCUT2D eigenvalue weighted by Crippen LogP contribution is -2.35. The van der Waals surface area contributed by atoms with Gasteiger partial charge in [-0.2, -0.15) is 0 Å². The second kappa shape index (κ2) is 9.54. The Morgan fingerprint density at radius 2 is 1.97 bits per heavy atom. The lowest BCUT2D eigenvalue weighted by molar-refractivity contribution is -0.116. The molecule has 0 saturated carbocycles. The van der Waals surface area contributed by atoms with E-state index < -0.39 is 0 Å². The molecule has 2 aromatic carbocycles. The van der Waals surface area contributed by atoms with Crippen molar-refractivity contribution in [1.82, 2.24) is 9.88 Å². The predicted molar refractivity (Wildman–Crippen MR) is 115 cm³/mol. The number of aryl methyl sites for hydroxylation is 1. The first kappa shape index (κ1) is 20.8. The topological polar surface area (TPSA) is 71.5 Å². The summed E-state index contributed by atoms with van der Waals surface area (Å²) >= 11 is 7.25. The highest BCUT2D eigenvalue weighted by molar-refractivity contribution is 7.09. The normalized spacial score (nSPS) is 10.4. The summed E-state index contributed by atoms with van der Waals surface area (Å²) in [7, 11) is 1.56. The smallest absolute Gasteiger partial charge is 0.273 e. The van der Waals surface area contributed by atoms with Crippen molar-refractivity contribution in [3.8, 4) is 5.75 Å². The second-order valence-electron chi connectivity index (χ2n) is 6.45. The number of anilines is 1. The Bertz CT molecular complexity index is 1000. The number of nitrogens with one attached hydrogen (secondary N) is 1. The molecule has 8 heteroatoms. The first-order valence-corrected chi connectivity index (χ1v) is 10.1. The third kappa shape index (κ3) is 6.04. The molecule has 0 spiro atoms. The third-order valence-electron chi connectivity index (χ3n) is 3.99. The second-order valence-corrected chi connectivity index (χ2v) is 7.83. The van der Waals surface area contributed by atoms with Gasteiger partial charge in [0.25, 0.3) is 5.91 Å². The van der Waals surface area contributed by atoms with Crippen LogP contribution in [0.1, 0.15) is 21.1 Å². The summed E-state index contributed by atoms with van der Waals surface area (Å²) in [5.74, 6) is 0.0961. The molecule has 0 aliphatic rings. The van der Waals surface area contributed by atoms with Crippen molar-refractivity contribution < 1.29 is 14.3 Å². The Morgan fingerprint density at radius 3 is 2.69 bits per heavy atom. The maximum atomic E-state index is 12.5. The zero-order valence-corrected chi connectivity index (χ0v) is 17.6. The van der Waals surface area contributed by atoms with Crippen LogP contribution in [0, 0.1) is 6.92 Å². The molecular weight excluding hydrogens is 410 g/mol. The SMILES string of the molecule is Cc1ccc(OCc2nc(C(=O)N(C)CC(=O)Nc3cccc(Cl)c3)cs2)cc1. The zero-order chi connectivity index (χ0) is 20.8. The van der Waals surface area contributed by atoms with E-state index in [-0.39, 0.29) is 30.7 Å². The van der Waals surface area contributed by atoms with E-state index >= 15 is 0 Å². The van der Waals surface area contributed by atoms with E-state index in [2.05, 4.69) is 10.3 Å². The molecule has 1 aromatic heterocycles. The largest absolute Gasteiger partial charge is 0.486 e. The first-order chi connectivity index (χ1) is 13.9. The van der Waals surface area contributed by atoms with Gasteiger partial charge in [-0.1, -0.05) is 35.4 Å². The molecule has 0 fully saturated rings. The monoisotopic (exact) mass is 429 g/mol. The van der Waals surface area contributed by atoms with Gasteiger partial charge in [0.1, 0.15) is 23.1 Å². The summed E-state index contributed by atoms with van der Waals surface area (Å²) in [4.78, 5) is 30.4. The maximum absolute atomic E-state index is 12.5. The number of aromatic nitrogens is 1. The highest BCUT2D eigenvalue weighted by Crippen LogP contribution is 2.17. The number of hydrogen-bond donors (Lipinski definition) is 1. The van der Waals surface area contributed by atoms with Gasteiger partial charge < -0.3 is 15.0 Å². The van der Waals surface area contributed by atoms with Crippen molar-refractivity contribution in [3.63, 3.8) is 0 Å². The summed E-state index contributed by atoms with van der Waals surface area (Å²) in [6, 6.07) is 14.5. The van der Waals surface area contributed by atoms with Crippen molar-refractivity contribution >= 4 is 40.4 Å². The fourth-order valence-electron chi connectivity index (χ4n) is 2.50. The van der Waals surface area contributed by atoms with E-state index in [0.717, 1.165) is 11.3 Å². The Hall–Kier alpha value is -2.90. The average Bonchev–Trinajstić information content (AvgIpc) is 3.16. The van der Waals surface area contributed by atoms with Crippen LogP contribution in [0.2, 0.25) is 5.02 Å². The van der Waals surface area contributed by atoms with Crippen LogP contribution in [0.4, 0.5) is 5.69 Å². The predicted octanol–water partition coefficient (Wildman–Crippen LogP) is 4.39. The lowest BCUT2D eigenvalue weighted by atomic mass is 10.2. The highest BCUT2D eigenvalue weighted by Gasteiger charge is 2.18. The van der Waals surface area contributed by atoms with Crippen molar-refractivity contribution in [3.05, 3.63) is 75.2 Å². The summed E-state index contributed by atoms with van der Waals surface area (Å²) in [6.07, 6.45) is 0. The minimum Gasteiger partial charge on any atom is -0.486 e. The van der Waals surface area contributed by atoms with E-state index in [1.807, 2.05) is 31.2 Å². The molecule has 29 heavy (non-hydrogen) atoms. The minimum atomic E-state index is -0.330. The van der Waals surface area contributed by atoms with Crippen LogP contribution in [0.3, 0.4) is 0 Å². The number of rotatable bonds is 7. The van der Waals surface area contributed by atoms with E-state index in [0.29, 0.717) is 15.7 Å². The molecule has 0 aliphatic heterocycles. The van der Waals surface area contributed by atoms with Crippen molar-refractivity contribution in [2.75, 3.05) is 18.9 Å². The van der Waals surface area contributed by atoms with Gasteiger partial charge in [-0.3, -0.25) is 9.59 Å². The number of carbonyl (C=O) groups excluding carboxylic acids is 2. The van der Waals surface area contributed by atoms with Crippen LogP contribution in [0.15, 0.2) is 53.9 Å². The number of ether oxygens (including phenoxy) is 1. The van der Waals surface area contributed by atoms with E-state index in [9.17, 15) is 9.59 Å². The van der Waals surface area contributed by atoms with Gasteiger partial charge in [0.05, 0.1) is 6.54 Å². The van der Waals surface area contributed by atoms with E-state index in [1.165, 1.54) is 16.2 Å². The zero-order valence-electron chi connectivity index (χ0n) is 16.0. The number of carbonyl (C=O) groups is 2. The van der Waals surface area contributed by atoms with Crippen molar-refractivity contribution in [1.29, 1.82) is 0 Å². The van der Waals surface area contributed by atoms with Crippen LogP contribution in [-0.4, -0.2) is 35.3 Å². The van der Waals surface area contributed by atoms with Crippen molar-refractivity contribution in [2.45, 2.75) is 13.5 Å². The Balaban J connectivity index is 1.53. The maximum Gasteiger partial charge on any atom is 0.273 e. The van der Waals surface area contributed by atoms with Gasteiger partial charge in [-0.05, 0) is 37.3 Å². The molecule has 0 unspecified atom stereocenters. The fourth-order valence-corrected chi connectivity index (χ4v) is 3.37. The summed E-state index contributed by atoms with van der Waals surface area (Å²) < 4.78 is 5.69. The van der Waals surface area contributed by atoms with Crippen LogP contribution < -0.4 is 10.1 Å². The Kier molecular flexibility index (Phi) is 6.85. The van der Waals surface area contributed by atoms with Crippen LogP contribution >= 0.6 is 22.9 Å².